The Morgan fingerprint density at radius 2 is 2.19 bits per heavy atom. The highest BCUT2D eigenvalue weighted by atomic mass is 32.2. The van der Waals surface area contributed by atoms with Gasteiger partial charge in [0.15, 0.2) is 5.16 Å². The summed E-state index contributed by atoms with van der Waals surface area (Å²) in [4.78, 5) is 0. The highest BCUT2D eigenvalue weighted by molar-refractivity contribution is 7.99. The molecule has 6 nitrogen and oxygen atoms in total. The van der Waals surface area contributed by atoms with Gasteiger partial charge in [-0.2, -0.15) is 0 Å². The molecule has 0 aliphatic heterocycles. The van der Waals surface area contributed by atoms with Gasteiger partial charge in [0.2, 0.25) is 10.0 Å². The summed E-state index contributed by atoms with van der Waals surface area (Å²) in [6.45, 7) is 0. The lowest BCUT2D eigenvalue weighted by molar-refractivity contribution is 0.520. The summed E-state index contributed by atoms with van der Waals surface area (Å²) in [5, 5.41) is 8.45. The van der Waals surface area contributed by atoms with E-state index in [9.17, 15) is 8.42 Å². The molecular formula is C8H16N4O2S2. The number of sulfonamides is 1. The van der Waals surface area contributed by atoms with Crippen LogP contribution in [0.3, 0.4) is 0 Å². The minimum absolute atomic E-state index is 0.171. The summed E-state index contributed by atoms with van der Waals surface area (Å²) >= 11 is 1.51. The van der Waals surface area contributed by atoms with Gasteiger partial charge >= 0.3 is 0 Å². The Hall–Kier alpha value is -0.600. The molecule has 16 heavy (non-hydrogen) atoms. The summed E-state index contributed by atoms with van der Waals surface area (Å²) in [5.41, 5.74) is 0. The van der Waals surface area contributed by atoms with E-state index in [2.05, 4.69) is 10.2 Å². The molecule has 0 aromatic carbocycles. The molecule has 0 aliphatic carbocycles. The normalized spacial score (nSPS) is 12.2. The number of aryl methyl sites for hydroxylation is 1. The van der Waals surface area contributed by atoms with Crippen LogP contribution in [0.15, 0.2) is 11.5 Å². The van der Waals surface area contributed by atoms with Gasteiger partial charge in [0.05, 0.1) is 5.75 Å². The first kappa shape index (κ1) is 13.5. The van der Waals surface area contributed by atoms with Crippen molar-refractivity contribution in [2.45, 2.75) is 11.6 Å². The lowest BCUT2D eigenvalue weighted by atomic mass is 10.6. The highest BCUT2D eigenvalue weighted by Crippen LogP contribution is 2.14. The zero-order chi connectivity index (χ0) is 12.2. The number of thioether (sulfide) groups is 1. The third-order valence-corrected chi connectivity index (χ3v) is 5.04. The maximum atomic E-state index is 11.4. The number of hydrogen-bond donors (Lipinski definition) is 0. The third kappa shape index (κ3) is 3.76. The Bertz CT molecular complexity index is 427. The molecule has 1 aromatic heterocycles. The molecule has 0 bridgehead atoms. The predicted octanol–water partition coefficient (Wildman–Crippen LogP) is 0.189. The smallest absolute Gasteiger partial charge is 0.213 e. The van der Waals surface area contributed by atoms with Gasteiger partial charge in [-0.3, -0.25) is 0 Å². The van der Waals surface area contributed by atoms with Gasteiger partial charge in [-0.25, -0.2) is 12.7 Å². The SMILES string of the molecule is CN(C)S(=O)(=O)CCCSc1nncn1C. The van der Waals surface area contributed by atoms with E-state index < -0.39 is 10.0 Å². The van der Waals surface area contributed by atoms with Gasteiger partial charge in [0, 0.05) is 26.9 Å². The van der Waals surface area contributed by atoms with E-state index in [1.165, 1.54) is 16.1 Å². The van der Waals surface area contributed by atoms with Gasteiger partial charge in [0.25, 0.3) is 0 Å². The van der Waals surface area contributed by atoms with Gasteiger partial charge in [-0.1, -0.05) is 11.8 Å². The summed E-state index contributed by atoms with van der Waals surface area (Å²) in [7, 11) is 1.88. The van der Waals surface area contributed by atoms with Gasteiger partial charge in [-0.15, -0.1) is 10.2 Å². The Kier molecular flexibility index (Phi) is 4.75. The minimum Gasteiger partial charge on any atom is -0.312 e. The first-order valence-electron chi connectivity index (χ1n) is 4.80. The number of nitrogens with zero attached hydrogens (tertiary/aromatic N) is 4. The Labute approximate surface area is 100 Å². The summed E-state index contributed by atoms with van der Waals surface area (Å²) in [5.74, 6) is 0.893. The van der Waals surface area contributed by atoms with E-state index in [-0.39, 0.29) is 5.75 Å². The zero-order valence-electron chi connectivity index (χ0n) is 9.62. The third-order valence-electron chi connectivity index (χ3n) is 2.00. The zero-order valence-corrected chi connectivity index (χ0v) is 11.3. The second-order valence-electron chi connectivity index (χ2n) is 3.52. The molecule has 0 saturated carbocycles. The van der Waals surface area contributed by atoms with E-state index in [1.807, 2.05) is 11.6 Å². The molecule has 92 valence electrons. The molecule has 8 heteroatoms. The molecule has 0 saturated heterocycles. The van der Waals surface area contributed by atoms with Crippen molar-refractivity contribution in [2.24, 2.45) is 7.05 Å². The molecule has 0 atom stereocenters. The first-order valence-corrected chi connectivity index (χ1v) is 7.40. The van der Waals surface area contributed by atoms with Crippen molar-refractivity contribution in [1.82, 2.24) is 19.1 Å². The molecule has 0 aliphatic rings. The Morgan fingerprint density at radius 3 is 2.69 bits per heavy atom. The summed E-state index contributed by atoms with van der Waals surface area (Å²) in [6, 6.07) is 0. The van der Waals surface area contributed by atoms with E-state index in [1.54, 1.807) is 20.4 Å². The largest absolute Gasteiger partial charge is 0.312 e. The van der Waals surface area contributed by atoms with Crippen molar-refractivity contribution < 1.29 is 8.42 Å². The van der Waals surface area contributed by atoms with Crippen LogP contribution in [0.1, 0.15) is 6.42 Å². The molecule has 0 N–H and O–H groups in total. The highest BCUT2D eigenvalue weighted by Gasteiger charge is 2.12. The van der Waals surface area contributed by atoms with Crippen molar-refractivity contribution in [3.8, 4) is 0 Å². The first-order chi connectivity index (χ1) is 7.43. The van der Waals surface area contributed by atoms with Crippen LogP contribution in [0, 0.1) is 0 Å². The fraction of sp³-hybridized carbons (Fsp3) is 0.750. The van der Waals surface area contributed by atoms with Crippen LogP contribution in [-0.2, 0) is 17.1 Å². The van der Waals surface area contributed by atoms with Crippen molar-refractivity contribution in [3.63, 3.8) is 0 Å². The standard InChI is InChI=1S/C8H16N4O2S2/c1-11(2)16(13,14)6-4-5-15-8-10-9-7-12(8)3/h7H,4-6H2,1-3H3. The van der Waals surface area contributed by atoms with Crippen LogP contribution in [0.2, 0.25) is 0 Å². The summed E-state index contributed by atoms with van der Waals surface area (Å²) < 4.78 is 25.9. The average molecular weight is 264 g/mol. The number of aromatic nitrogens is 3. The maximum absolute atomic E-state index is 11.4. The number of hydrogen-bond acceptors (Lipinski definition) is 5. The quantitative estimate of drug-likeness (QED) is 0.542. The monoisotopic (exact) mass is 264 g/mol. The van der Waals surface area contributed by atoms with Crippen LogP contribution in [0.25, 0.3) is 0 Å². The molecule has 1 rings (SSSR count). The van der Waals surface area contributed by atoms with Gasteiger partial charge in [0.1, 0.15) is 6.33 Å². The van der Waals surface area contributed by atoms with E-state index in [0.717, 1.165) is 10.9 Å². The average Bonchev–Trinajstić information content (AvgIpc) is 2.59. The minimum atomic E-state index is -3.07. The molecule has 1 aromatic rings. The Balaban J connectivity index is 2.30. The lowest BCUT2D eigenvalue weighted by Crippen LogP contribution is -2.25. The van der Waals surface area contributed by atoms with E-state index >= 15 is 0 Å². The second-order valence-corrected chi connectivity index (χ2v) is 6.89. The summed E-state index contributed by atoms with van der Waals surface area (Å²) in [6.07, 6.45) is 2.23. The molecule has 0 amide bonds. The molecule has 0 unspecified atom stereocenters. The molecule has 0 radical (unpaired) electrons. The van der Waals surface area contributed by atoms with Crippen LogP contribution >= 0.6 is 11.8 Å². The number of rotatable bonds is 6. The fourth-order valence-corrected chi connectivity index (χ4v) is 2.87. The van der Waals surface area contributed by atoms with Gasteiger partial charge in [-0.05, 0) is 6.42 Å². The van der Waals surface area contributed by atoms with Crippen LogP contribution in [0.5, 0.6) is 0 Å². The van der Waals surface area contributed by atoms with Crippen LogP contribution in [0.4, 0.5) is 0 Å². The lowest BCUT2D eigenvalue weighted by Gasteiger charge is -2.10. The van der Waals surface area contributed by atoms with E-state index in [0.29, 0.717) is 6.42 Å². The van der Waals surface area contributed by atoms with Crippen LogP contribution in [-0.4, -0.2) is 53.1 Å². The maximum Gasteiger partial charge on any atom is 0.213 e. The molecule has 0 fully saturated rings. The Morgan fingerprint density at radius 1 is 1.50 bits per heavy atom. The second kappa shape index (κ2) is 5.65. The predicted molar refractivity (Wildman–Crippen MR) is 63.8 cm³/mol. The van der Waals surface area contributed by atoms with Gasteiger partial charge < -0.3 is 4.57 Å². The fourth-order valence-electron chi connectivity index (χ4n) is 0.991. The van der Waals surface area contributed by atoms with Crippen molar-refractivity contribution in [1.29, 1.82) is 0 Å². The van der Waals surface area contributed by atoms with Crippen molar-refractivity contribution in [3.05, 3.63) is 6.33 Å². The molecular weight excluding hydrogens is 248 g/mol. The van der Waals surface area contributed by atoms with Crippen molar-refractivity contribution >= 4 is 21.8 Å². The van der Waals surface area contributed by atoms with Crippen LogP contribution < -0.4 is 0 Å². The van der Waals surface area contributed by atoms with Crippen molar-refractivity contribution in [2.75, 3.05) is 25.6 Å². The topological polar surface area (TPSA) is 68.1 Å². The molecule has 1 heterocycles. The van der Waals surface area contributed by atoms with E-state index in [4.69, 9.17) is 0 Å². The molecule has 0 spiro atoms.